The Morgan fingerprint density at radius 1 is 0.875 bits per heavy atom. The molecule has 252 valence electrons. The Morgan fingerprint density at radius 2 is 1.56 bits per heavy atom. The number of aryl methyl sites for hydroxylation is 1. The van der Waals surface area contributed by atoms with E-state index in [0.717, 1.165) is 17.7 Å². The number of aromatic hydroxyl groups is 1. The van der Waals surface area contributed by atoms with Crippen LogP contribution in [0.3, 0.4) is 0 Å². The van der Waals surface area contributed by atoms with Crippen LogP contribution in [0.1, 0.15) is 36.2 Å². The number of anilines is 2. The molecule has 0 bridgehead atoms. The van der Waals surface area contributed by atoms with Crippen LogP contribution in [0, 0.1) is 0 Å². The first-order valence-corrected chi connectivity index (χ1v) is 17.6. The van der Waals surface area contributed by atoms with Gasteiger partial charge in [0.2, 0.25) is 5.91 Å². The number of phenols is 1. The van der Waals surface area contributed by atoms with Crippen molar-refractivity contribution < 1.29 is 32.6 Å². The summed E-state index contributed by atoms with van der Waals surface area (Å²) in [4.78, 5) is 29.3. The predicted octanol–water partition coefficient (Wildman–Crippen LogP) is 6.51. The number of phenolic OH excluding ortho intramolecular Hbond substituents is 1. The first-order valence-electron chi connectivity index (χ1n) is 15.8. The Bertz CT molecular complexity index is 1840. The van der Waals surface area contributed by atoms with Gasteiger partial charge in [-0.05, 0) is 97.8 Å². The van der Waals surface area contributed by atoms with Gasteiger partial charge in [-0.15, -0.1) is 0 Å². The number of nitrogens with zero attached hydrogens (tertiary/aromatic N) is 3. The van der Waals surface area contributed by atoms with Crippen LogP contribution >= 0.6 is 11.6 Å². The third-order valence-electron chi connectivity index (χ3n) is 8.07. The Morgan fingerprint density at radius 3 is 2.23 bits per heavy atom. The van der Waals surface area contributed by atoms with E-state index in [2.05, 4.69) is 4.90 Å². The van der Waals surface area contributed by atoms with Gasteiger partial charge in [-0.1, -0.05) is 24.6 Å². The minimum atomic E-state index is -4.12. The fraction of sp³-hybridized carbons (Fsp3) is 0.278. The number of carbonyl (C=O) groups is 2. The highest BCUT2D eigenvalue weighted by Gasteiger charge is 2.28. The molecule has 1 aliphatic rings. The molecule has 0 aliphatic carbocycles. The van der Waals surface area contributed by atoms with Crippen molar-refractivity contribution in [2.24, 2.45) is 0 Å². The lowest BCUT2D eigenvalue weighted by molar-refractivity contribution is -0.131. The molecular weight excluding hydrogens is 654 g/mol. The second-order valence-electron chi connectivity index (χ2n) is 11.2. The van der Waals surface area contributed by atoms with Crippen LogP contribution in [-0.4, -0.2) is 69.6 Å². The van der Waals surface area contributed by atoms with Gasteiger partial charge in [0.05, 0.1) is 22.8 Å². The summed E-state index contributed by atoms with van der Waals surface area (Å²) in [6.45, 7) is 6.06. The lowest BCUT2D eigenvalue weighted by Crippen LogP contribution is -2.49. The van der Waals surface area contributed by atoms with E-state index in [9.17, 15) is 23.1 Å². The van der Waals surface area contributed by atoms with Gasteiger partial charge >= 0.3 is 5.97 Å². The van der Waals surface area contributed by atoms with Crippen molar-refractivity contribution in [1.29, 1.82) is 0 Å². The SMILES string of the molecule is CCOC(=O)c1ccc(N2CCN(C(=O)CCN(c3cccc(Oc4ccc(Cl)c(CC)c4)c3)S(=O)(=O)c3ccc(O)cc3)CC2)cc1. The summed E-state index contributed by atoms with van der Waals surface area (Å²) >= 11 is 6.27. The van der Waals surface area contributed by atoms with Crippen molar-refractivity contribution in [3.8, 4) is 17.2 Å². The highest BCUT2D eigenvalue weighted by atomic mass is 35.5. The van der Waals surface area contributed by atoms with Gasteiger partial charge in [0.1, 0.15) is 17.2 Å². The molecule has 48 heavy (non-hydrogen) atoms. The van der Waals surface area contributed by atoms with Gasteiger partial charge in [0.25, 0.3) is 10.0 Å². The van der Waals surface area contributed by atoms with Gasteiger partial charge in [-0.25, -0.2) is 13.2 Å². The molecule has 1 heterocycles. The first kappa shape index (κ1) is 34.6. The molecule has 10 nitrogen and oxygen atoms in total. The van der Waals surface area contributed by atoms with Crippen molar-refractivity contribution in [1.82, 2.24) is 4.90 Å². The molecule has 0 saturated carbocycles. The number of hydrogen-bond acceptors (Lipinski definition) is 8. The smallest absolute Gasteiger partial charge is 0.338 e. The zero-order chi connectivity index (χ0) is 34.3. The summed E-state index contributed by atoms with van der Waals surface area (Å²) < 4.78 is 40.2. The number of hydrogen-bond donors (Lipinski definition) is 1. The van der Waals surface area contributed by atoms with Gasteiger partial charge in [-0.3, -0.25) is 9.10 Å². The Hall–Kier alpha value is -4.74. The number of piperazine rings is 1. The van der Waals surface area contributed by atoms with E-state index in [0.29, 0.717) is 60.6 Å². The maximum atomic E-state index is 14.0. The van der Waals surface area contributed by atoms with Crippen LogP contribution in [0.2, 0.25) is 5.02 Å². The monoisotopic (exact) mass is 691 g/mol. The van der Waals surface area contributed by atoms with Crippen molar-refractivity contribution in [2.45, 2.75) is 31.6 Å². The minimum absolute atomic E-state index is 0.0213. The van der Waals surface area contributed by atoms with Crippen molar-refractivity contribution in [3.05, 3.63) is 107 Å². The molecule has 0 radical (unpaired) electrons. The lowest BCUT2D eigenvalue weighted by atomic mass is 10.1. The van der Waals surface area contributed by atoms with E-state index in [4.69, 9.17) is 21.1 Å². The van der Waals surface area contributed by atoms with Crippen molar-refractivity contribution >= 4 is 44.9 Å². The van der Waals surface area contributed by atoms with E-state index in [1.165, 1.54) is 28.6 Å². The van der Waals surface area contributed by atoms with Crippen LogP contribution in [0.4, 0.5) is 11.4 Å². The number of halogens is 1. The van der Waals surface area contributed by atoms with E-state index < -0.39 is 10.0 Å². The normalized spacial score (nSPS) is 13.2. The molecule has 0 unspecified atom stereocenters. The number of amides is 1. The molecule has 1 amide bonds. The van der Waals surface area contributed by atoms with Gasteiger partial charge in [0, 0.05) is 55.9 Å². The average Bonchev–Trinajstić information content (AvgIpc) is 3.09. The van der Waals surface area contributed by atoms with E-state index in [-0.39, 0.29) is 35.5 Å². The first-order chi connectivity index (χ1) is 23.1. The Balaban J connectivity index is 1.29. The minimum Gasteiger partial charge on any atom is -0.508 e. The second-order valence-corrected chi connectivity index (χ2v) is 13.4. The molecule has 1 aliphatic heterocycles. The summed E-state index contributed by atoms with van der Waals surface area (Å²) in [5, 5.41) is 10.4. The summed E-state index contributed by atoms with van der Waals surface area (Å²) in [7, 11) is -4.12. The topological polar surface area (TPSA) is 117 Å². The van der Waals surface area contributed by atoms with Gasteiger partial charge < -0.3 is 24.4 Å². The molecule has 0 aromatic heterocycles. The molecule has 12 heteroatoms. The summed E-state index contributed by atoms with van der Waals surface area (Å²) in [5.41, 5.74) is 2.67. The fourth-order valence-electron chi connectivity index (χ4n) is 5.45. The fourth-order valence-corrected chi connectivity index (χ4v) is 7.16. The molecule has 0 atom stereocenters. The van der Waals surface area contributed by atoms with Crippen LogP contribution < -0.4 is 13.9 Å². The second kappa shape index (κ2) is 15.4. The Kier molecular flexibility index (Phi) is 11.1. The van der Waals surface area contributed by atoms with Crippen molar-refractivity contribution in [2.75, 3.05) is 48.5 Å². The number of esters is 1. The van der Waals surface area contributed by atoms with Crippen LogP contribution in [0.5, 0.6) is 17.2 Å². The molecule has 5 rings (SSSR count). The number of rotatable bonds is 12. The summed E-state index contributed by atoms with van der Waals surface area (Å²) in [6.07, 6.45) is 0.676. The summed E-state index contributed by atoms with van der Waals surface area (Å²) in [5.74, 6) is 0.381. The zero-order valence-electron chi connectivity index (χ0n) is 26.8. The number of benzene rings is 4. The van der Waals surface area contributed by atoms with Gasteiger partial charge in [-0.2, -0.15) is 0 Å². The lowest BCUT2D eigenvalue weighted by Gasteiger charge is -2.36. The molecular formula is C36H38ClN3O7S. The van der Waals surface area contributed by atoms with Gasteiger partial charge in [0.15, 0.2) is 0 Å². The Labute approximate surface area is 286 Å². The maximum Gasteiger partial charge on any atom is 0.338 e. The third kappa shape index (κ3) is 8.21. The highest BCUT2D eigenvalue weighted by Crippen LogP contribution is 2.32. The highest BCUT2D eigenvalue weighted by molar-refractivity contribution is 7.92. The standard InChI is InChI=1S/C36H38ClN3O7S/c1-3-26-24-32(14-17-34(26)37)47-31-7-5-6-29(25-31)40(48(44,45)33-15-12-30(41)13-16-33)19-18-35(42)39-22-20-38(21-23-39)28-10-8-27(9-11-28)36(43)46-4-2/h5-17,24-25,41H,3-4,18-23H2,1-2H3. The average molecular weight is 692 g/mol. The molecule has 1 fully saturated rings. The largest absolute Gasteiger partial charge is 0.508 e. The van der Waals surface area contributed by atoms with Crippen molar-refractivity contribution in [3.63, 3.8) is 0 Å². The maximum absolute atomic E-state index is 14.0. The number of sulfonamides is 1. The third-order valence-corrected chi connectivity index (χ3v) is 10.3. The van der Waals surface area contributed by atoms with E-state index >= 15 is 0 Å². The predicted molar refractivity (Wildman–Crippen MR) is 186 cm³/mol. The molecule has 0 spiro atoms. The molecule has 1 saturated heterocycles. The molecule has 1 N–H and O–H groups in total. The summed E-state index contributed by atoms with van der Waals surface area (Å²) in [6, 6.07) is 24.5. The number of ether oxygens (including phenoxy) is 2. The quantitative estimate of drug-likeness (QED) is 0.167. The van der Waals surface area contributed by atoms with E-state index in [1.807, 2.05) is 25.1 Å². The number of carbonyl (C=O) groups excluding carboxylic acids is 2. The molecule has 4 aromatic rings. The van der Waals surface area contributed by atoms with Crippen LogP contribution in [0.15, 0.2) is 95.9 Å². The molecule has 4 aromatic carbocycles. The zero-order valence-corrected chi connectivity index (χ0v) is 28.4. The van der Waals surface area contributed by atoms with Crippen LogP contribution in [-0.2, 0) is 26.0 Å². The van der Waals surface area contributed by atoms with Crippen LogP contribution in [0.25, 0.3) is 0 Å². The van der Waals surface area contributed by atoms with E-state index in [1.54, 1.807) is 60.4 Å².